The zero-order chi connectivity index (χ0) is 25.1. The Morgan fingerprint density at radius 2 is 2.08 bits per heavy atom. The third-order valence-corrected chi connectivity index (χ3v) is 6.19. The maximum absolute atomic E-state index is 14.3. The van der Waals surface area contributed by atoms with E-state index in [0.717, 1.165) is 18.0 Å². The molecular weight excluding hydrogens is 468 g/mol. The van der Waals surface area contributed by atoms with E-state index in [1.165, 1.54) is 54.8 Å². The van der Waals surface area contributed by atoms with Crippen molar-refractivity contribution in [3.63, 3.8) is 0 Å². The molecule has 9 nitrogen and oxygen atoms in total. The third kappa shape index (κ3) is 4.96. The van der Waals surface area contributed by atoms with Gasteiger partial charge in [0.25, 0.3) is 0 Å². The van der Waals surface area contributed by atoms with E-state index in [2.05, 4.69) is 25.7 Å². The molecule has 0 radical (unpaired) electrons. The smallest absolute Gasteiger partial charge is 0.247 e. The fourth-order valence-electron chi connectivity index (χ4n) is 4.11. The van der Waals surface area contributed by atoms with Gasteiger partial charge in [0.15, 0.2) is 17.7 Å². The number of nitrogens with zero attached hydrogens (tertiary/aromatic N) is 4. The maximum atomic E-state index is 14.3. The fraction of sp³-hybridized carbons (Fsp3) is 0.280. The fourth-order valence-corrected chi connectivity index (χ4v) is 4.11. The molecule has 1 unspecified atom stereocenters. The van der Waals surface area contributed by atoms with Gasteiger partial charge in [0.2, 0.25) is 5.91 Å². The van der Waals surface area contributed by atoms with E-state index in [1.54, 1.807) is 0 Å². The highest BCUT2D eigenvalue weighted by atomic mass is 19.2. The Morgan fingerprint density at radius 3 is 2.86 bits per heavy atom. The summed E-state index contributed by atoms with van der Waals surface area (Å²) >= 11 is 0. The van der Waals surface area contributed by atoms with Crippen LogP contribution in [0.5, 0.6) is 5.75 Å². The summed E-state index contributed by atoms with van der Waals surface area (Å²) in [4.78, 5) is 20.7. The number of halogens is 2. The normalized spacial score (nSPS) is 14.4. The number of aromatic nitrogens is 4. The van der Waals surface area contributed by atoms with Crippen molar-refractivity contribution < 1.29 is 18.3 Å². The highest BCUT2D eigenvalue weighted by Gasteiger charge is 2.26. The molecule has 0 saturated heterocycles. The van der Waals surface area contributed by atoms with Gasteiger partial charge in [-0.15, -0.1) is 0 Å². The molecule has 2 aromatic heterocycles. The Kier molecular flexibility index (Phi) is 6.72. The van der Waals surface area contributed by atoms with E-state index in [1.807, 2.05) is 18.2 Å². The zero-order valence-electron chi connectivity index (χ0n) is 19.3. The van der Waals surface area contributed by atoms with Gasteiger partial charge >= 0.3 is 0 Å². The monoisotopic (exact) mass is 493 g/mol. The second-order valence-electron chi connectivity index (χ2n) is 8.61. The lowest BCUT2D eigenvalue weighted by Gasteiger charge is -2.26. The summed E-state index contributed by atoms with van der Waals surface area (Å²) in [6.45, 7) is 1.35. The van der Waals surface area contributed by atoms with Crippen molar-refractivity contribution >= 4 is 28.3 Å². The molecule has 4 N–H and O–H groups in total. The van der Waals surface area contributed by atoms with Crippen LogP contribution in [0.2, 0.25) is 0 Å². The molecule has 0 spiro atoms. The minimum absolute atomic E-state index is 0.208. The van der Waals surface area contributed by atoms with Crippen LogP contribution in [-0.4, -0.2) is 44.8 Å². The van der Waals surface area contributed by atoms with Crippen LogP contribution in [0, 0.1) is 11.6 Å². The minimum atomic E-state index is -1.32. The van der Waals surface area contributed by atoms with Crippen LogP contribution in [0.25, 0.3) is 10.9 Å². The van der Waals surface area contributed by atoms with Crippen LogP contribution < -0.4 is 21.1 Å². The van der Waals surface area contributed by atoms with Gasteiger partial charge < -0.3 is 21.1 Å². The summed E-state index contributed by atoms with van der Waals surface area (Å²) in [6.07, 6.45) is 8.08. The first kappa shape index (κ1) is 23.6. The van der Waals surface area contributed by atoms with E-state index < -0.39 is 23.6 Å². The average Bonchev–Trinajstić information content (AvgIpc) is 3.28. The molecule has 5 rings (SSSR count). The van der Waals surface area contributed by atoms with Gasteiger partial charge in [-0.1, -0.05) is 18.6 Å². The summed E-state index contributed by atoms with van der Waals surface area (Å²) in [5.41, 5.74) is 6.44. The molecule has 1 amide bonds. The number of primary amides is 1. The lowest BCUT2D eigenvalue weighted by Crippen LogP contribution is -2.37. The molecule has 1 fully saturated rings. The second-order valence-corrected chi connectivity index (χ2v) is 8.61. The lowest BCUT2D eigenvalue weighted by atomic mass is 9.93. The Labute approximate surface area is 205 Å². The SMILES string of the molecule is NC(=O)C(c1cccc(F)c1F)n1cc(Nc2ncnc3cc(OCCNC4CCC4)ccc23)cn1. The van der Waals surface area contributed by atoms with Crippen LogP contribution in [0.4, 0.5) is 20.3 Å². The van der Waals surface area contributed by atoms with Gasteiger partial charge in [0.05, 0.1) is 17.4 Å². The van der Waals surface area contributed by atoms with Crippen molar-refractivity contribution in [2.45, 2.75) is 31.3 Å². The lowest BCUT2D eigenvalue weighted by molar-refractivity contribution is -0.120. The van der Waals surface area contributed by atoms with Crippen LogP contribution in [0.1, 0.15) is 30.9 Å². The van der Waals surface area contributed by atoms with E-state index in [4.69, 9.17) is 10.5 Å². The number of amides is 1. The summed E-state index contributed by atoms with van der Waals surface area (Å²) in [5, 5.41) is 11.5. The molecule has 36 heavy (non-hydrogen) atoms. The third-order valence-electron chi connectivity index (χ3n) is 6.19. The molecule has 2 aromatic carbocycles. The molecule has 11 heteroatoms. The number of ether oxygens (including phenoxy) is 1. The van der Waals surface area contributed by atoms with E-state index in [-0.39, 0.29) is 5.56 Å². The van der Waals surface area contributed by atoms with E-state index in [9.17, 15) is 13.6 Å². The molecule has 2 heterocycles. The van der Waals surface area contributed by atoms with Crippen molar-refractivity contribution in [1.29, 1.82) is 0 Å². The minimum Gasteiger partial charge on any atom is -0.492 e. The highest BCUT2D eigenvalue weighted by molar-refractivity contribution is 5.91. The summed E-state index contributed by atoms with van der Waals surface area (Å²) < 4.78 is 35.1. The van der Waals surface area contributed by atoms with Gasteiger partial charge in [-0.3, -0.25) is 9.48 Å². The number of carbonyl (C=O) groups excluding carboxylic acids is 1. The van der Waals surface area contributed by atoms with Gasteiger partial charge in [-0.2, -0.15) is 5.10 Å². The summed E-state index contributed by atoms with van der Waals surface area (Å²) in [6, 6.07) is 8.40. The van der Waals surface area contributed by atoms with Gasteiger partial charge in [0.1, 0.15) is 24.5 Å². The molecule has 4 aromatic rings. The number of fused-ring (bicyclic) bond motifs is 1. The van der Waals surface area contributed by atoms with Gasteiger partial charge in [0, 0.05) is 35.8 Å². The number of rotatable bonds is 10. The first-order valence-electron chi connectivity index (χ1n) is 11.6. The molecular formula is C25H25F2N7O2. The number of benzene rings is 2. The number of anilines is 2. The summed E-state index contributed by atoms with van der Waals surface area (Å²) in [7, 11) is 0. The van der Waals surface area contributed by atoms with Crippen LogP contribution in [0.3, 0.4) is 0 Å². The first-order chi connectivity index (χ1) is 17.5. The largest absolute Gasteiger partial charge is 0.492 e. The number of nitrogens with one attached hydrogen (secondary N) is 2. The molecule has 1 atom stereocenters. The van der Waals surface area contributed by atoms with Crippen molar-refractivity contribution in [2.75, 3.05) is 18.5 Å². The summed E-state index contributed by atoms with van der Waals surface area (Å²) in [5.74, 6) is -1.89. The maximum Gasteiger partial charge on any atom is 0.247 e. The van der Waals surface area contributed by atoms with Crippen molar-refractivity contribution in [3.05, 3.63) is 72.3 Å². The first-order valence-corrected chi connectivity index (χ1v) is 11.6. The van der Waals surface area contributed by atoms with Crippen LogP contribution in [0.15, 0.2) is 55.1 Å². The molecule has 0 aliphatic heterocycles. The van der Waals surface area contributed by atoms with E-state index >= 15 is 0 Å². The van der Waals surface area contributed by atoms with E-state index in [0.29, 0.717) is 35.4 Å². The predicted molar refractivity (Wildman–Crippen MR) is 130 cm³/mol. The molecule has 1 aliphatic carbocycles. The van der Waals surface area contributed by atoms with Gasteiger partial charge in [-0.05, 0) is 31.0 Å². The number of nitrogens with two attached hydrogens (primary N) is 1. The Balaban J connectivity index is 1.31. The van der Waals surface area contributed by atoms with Crippen molar-refractivity contribution in [2.24, 2.45) is 5.73 Å². The number of carbonyl (C=O) groups is 1. The average molecular weight is 494 g/mol. The standard InChI is InChI=1S/C25H25F2N7O2/c26-20-6-2-5-19(22(20)27)23(24(28)35)34-13-16(12-32-34)33-25-18-8-7-17(11-21(18)30-14-31-25)36-10-9-29-15-3-1-4-15/h2,5-8,11-15,23,29H,1,3-4,9-10H2,(H2,28,35)(H,30,31,33). The van der Waals surface area contributed by atoms with Crippen molar-refractivity contribution in [3.8, 4) is 5.75 Å². The quantitative estimate of drug-likeness (QED) is 0.290. The topological polar surface area (TPSA) is 120 Å². The second kappa shape index (κ2) is 10.2. The van der Waals surface area contributed by atoms with Crippen molar-refractivity contribution in [1.82, 2.24) is 25.1 Å². The molecule has 0 bridgehead atoms. The Hall–Kier alpha value is -4.12. The van der Waals surface area contributed by atoms with Crippen LogP contribution in [-0.2, 0) is 4.79 Å². The number of hydrogen-bond donors (Lipinski definition) is 3. The highest BCUT2D eigenvalue weighted by Crippen LogP contribution is 2.28. The Bertz CT molecular complexity index is 1390. The van der Waals surface area contributed by atoms with Gasteiger partial charge in [-0.25, -0.2) is 18.7 Å². The Morgan fingerprint density at radius 1 is 1.22 bits per heavy atom. The zero-order valence-corrected chi connectivity index (χ0v) is 19.3. The molecule has 1 saturated carbocycles. The molecule has 186 valence electrons. The number of hydrogen-bond acceptors (Lipinski definition) is 7. The predicted octanol–water partition coefficient (Wildman–Crippen LogP) is 3.44. The van der Waals surface area contributed by atoms with Crippen LogP contribution >= 0.6 is 0 Å². The molecule has 1 aliphatic rings.